The van der Waals surface area contributed by atoms with Gasteiger partial charge in [-0.2, -0.15) is 0 Å². The maximum atomic E-state index is 9.79. The van der Waals surface area contributed by atoms with Crippen LogP contribution in [0.1, 0.15) is 18.1 Å². The van der Waals surface area contributed by atoms with Gasteiger partial charge in [0.2, 0.25) is 0 Å². The smallest absolute Gasteiger partial charge is 0.188 e. The van der Waals surface area contributed by atoms with Crippen LogP contribution < -0.4 is 5.73 Å². The number of rotatable bonds is 5. The van der Waals surface area contributed by atoms with E-state index in [4.69, 9.17) is 17.3 Å². The van der Waals surface area contributed by atoms with Gasteiger partial charge in [-0.25, -0.2) is 9.97 Å². The molecule has 1 aromatic rings. The zero-order valence-corrected chi connectivity index (χ0v) is 10.4. The summed E-state index contributed by atoms with van der Waals surface area (Å²) in [4.78, 5) is 7.96. The molecule has 1 heterocycles. The van der Waals surface area contributed by atoms with Crippen molar-refractivity contribution in [3.63, 3.8) is 0 Å². The summed E-state index contributed by atoms with van der Waals surface area (Å²) in [6.07, 6.45) is 1.48. The number of halogens is 1. The summed E-state index contributed by atoms with van der Waals surface area (Å²) < 4.78 is 0. The van der Waals surface area contributed by atoms with E-state index in [1.807, 2.05) is 6.26 Å². The number of aliphatic hydroxyl groups excluding tert-OH is 2. The Morgan fingerprint density at radius 2 is 2.25 bits per heavy atom. The molecule has 0 aliphatic rings. The largest absolute Gasteiger partial charge is 0.390 e. The molecule has 0 aliphatic carbocycles. The first-order valence-electron chi connectivity index (χ1n) is 4.72. The highest BCUT2D eigenvalue weighted by molar-refractivity contribution is 7.98. The Bertz CT molecular complexity index is 354. The molecule has 4 N–H and O–H groups in total. The predicted octanol–water partition coefficient (Wildman–Crippen LogP) is 0.595. The van der Waals surface area contributed by atoms with Crippen molar-refractivity contribution in [3.05, 3.63) is 16.9 Å². The van der Waals surface area contributed by atoms with Gasteiger partial charge in [0.15, 0.2) is 5.16 Å². The number of hydrogen-bond acceptors (Lipinski definition) is 6. The van der Waals surface area contributed by atoms with Crippen molar-refractivity contribution in [2.75, 3.05) is 12.8 Å². The molecule has 0 fully saturated rings. The Kier molecular flexibility index (Phi) is 5.43. The van der Waals surface area contributed by atoms with E-state index in [0.717, 1.165) is 0 Å². The summed E-state index contributed by atoms with van der Waals surface area (Å²) in [6, 6.07) is 0. The molecule has 1 aromatic heterocycles. The van der Waals surface area contributed by atoms with Gasteiger partial charge in [-0.3, -0.25) is 0 Å². The van der Waals surface area contributed by atoms with Crippen LogP contribution in [0.3, 0.4) is 0 Å². The summed E-state index contributed by atoms with van der Waals surface area (Å²) in [7, 11) is 0. The minimum absolute atomic E-state index is 0.155. The standard InChI is InChI=1S/C9H14ClN3O2S/c1-16-9-12-4-5(8(10)13-9)7(15)6(14)2-3-11/h4,6-7,14-15H,2-3,11H2,1H3. The molecular weight excluding hydrogens is 250 g/mol. The summed E-state index contributed by atoms with van der Waals surface area (Å²) in [6.45, 7) is 0.291. The van der Waals surface area contributed by atoms with Gasteiger partial charge < -0.3 is 15.9 Å². The highest BCUT2D eigenvalue weighted by Crippen LogP contribution is 2.25. The summed E-state index contributed by atoms with van der Waals surface area (Å²) >= 11 is 7.23. The zero-order valence-electron chi connectivity index (χ0n) is 8.80. The van der Waals surface area contributed by atoms with Crippen LogP contribution in [0.5, 0.6) is 0 Å². The summed E-state index contributed by atoms with van der Waals surface area (Å²) in [5.74, 6) is 0. The molecule has 0 saturated carbocycles. The van der Waals surface area contributed by atoms with Crippen molar-refractivity contribution in [3.8, 4) is 0 Å². The van der Waals surface area contributed by atoms with Crippen molar-refractivity contribution in [1.29, 1.82) is 0 Å². The Balaban J connectivity index is 2.87. The van der Waals surface area contributed by atoms with Crippen LogP contribution >= 0.6 is 23.4 Å². The number of nitrogens with zero attached hydrogens (tertiary/aromatic N) is 2. The van der Waals surface area contributed by atoms with Crippen LogP contribution in [0.4, 0.5) is 0 Å². The van der Waals surface area contributed by atoms with Crippen molar-refractivity contribution < 1.29 is 10.2 Å². The molecule has 0 spiro atoms. The Hall–Kier alpha value is -0.400. The van der Waals surface area contributed by atoms with Crippen LogP contribution in [0, 0.1) is 0 Å². The zero-order chi connectivity index (χ0) is 12.1. The molecule has 0 bridgehead atoms. The lowest BCUT2D eigenvalue weighted by Crippen LogP contribution is -2.22. The van der Waals surface area contributed by atoms with E-state index in [1.165, 1.54) is 18.0 Å². The fourth-order valence-corrected chi connectivity index (χ4v) is 1.82. The Labute approximate surface area is 103 Å². The lowest BCUT2D eigenvalue weighted by molar-refractivity contribution is 0.0146. The molecule has 1 rings (SSSR count). The fourth-order valence-electron chi connectivity index (χ4n) is 1.19. The average molecular weight is 264 g/mol. The van der Waals surface area contributed by atoms with Crippen molar-refractivity contribution in [2.45, 2.75) is 23.8 Å². The number of aromatic nitrogens is 2. The van der Waals surface area contributed by atoms with Gasteiger partial charge in [-0.05, 0) is 19.2 Å². The van der Waals surface area contributed by atoms with Gasteiger partial charge in [0.25, 0.3) is 0 Å². The van der Waals surface area contributed by atoms with Crippen LogP contribution in [-0.2, 0) is 0 Å². The van der Waals surface area contributed by atoms with Crippen LogP contribution in [0.15, 0.2) is 11.4 Å². The minimum Gasteiger partial charge on any atom is -0.390 e. The van der Waals surface area contributed by atoms with Gasteiger partial charge in [-0.15, -0.1) is 0 Å². The fraction of sp³-hybridized carbons (Fsp3) is 0.556. The monoisotopic (exact) mass is 263 g/mol. The molecule has 0 amide bonds. The maximum Gasteiger partial charge on any atom is 0.188 e. The third-order valence-electron chi connectivity index (χ3n) is 2.07. The molecule has 0 radical (unpaired) electrons. The van der Waals surface area contributed by atoms with Crippen LogP contribution in [0.25, 0.3) is 0 Å². The molecule has 0 saturated heterocycles. The predicted molar refractivity (Wildman–Crippen MR) is 63.5 cm³/mol. The van der Waals surface area contributed by atoms with E-state index in [-0.39, 0.29) is 5.15 Å². The molecule has 16 heavy (non-hydrogen) atoms. The second kappa shape index (κ2) is 6.36. The molecular formula is C9H14ClN3O2S. The highest BCUT2D eigenvalue weighted by atomic mass is 35.5. The molecule has 0 aliphatic heterocycles. The highest BCUT2D eigenvalue weighted by Gasteiger charge is 2.21. The third kappa shape index (κ3) is 3.29. The quantitative estimate of drug-likeness (QED) is 0.409. The molecule has 2 atom stereocenters. The maximum absolute atomic E-state index is 9.79. The summed E-state index contributed by atoms with van der Waals surface area (Å²) in [5, 5.41) is 20.0. The molecule has 2 unspecified atom stereocenters. The van der Waals surface area contributed by atoms with Gasteiger partial charge in [0.05, 0.1) is 6.10 Å². The summed E-state index contributed by atoms with van der Waals surface area (Å²) in [5.41, 5.74) is 5.61. The number of hydrogen-bond donors (Lipinski definition) is 3. The minimum atomic E-state index is -1.10. The van der Waals surface area contributed by atoms with Crippen molar-refractivity contribution in [2.24, 2.45) is 5.73 Å². The lowest BCUT2D eigenvalue weighted by Gasteiger charge is -2.17. The Morgan fingerprint density at radius 3 is 2.75 bits per heavy atom. The van der Waals surface area contributed by atoms with Crippen molar-refractivity contribution >= 4 is 23.4 Å². The van der Waals surface area contributed by atoms with E-state index < -0.39 is 12.2 Å². The lowest BCUT2D eigenvalue weighted by atomic mass is 10.1. The second-order valence-corrected chi connectivity index (χ2v) is 4.32. The molecule has 90 valence electrons. The van der Waals surface area contributed by atoms with Gasteiger partial charge in [0, 0.05) is 11.8 Å². The topological polar surface area (TPSA) is 92.3 Å². The van der Waals surface area contributed by atoms with Crippen LogP contribution in [0.2, 0.25) is 5.15 Å². The van der Waals surface area contributed by atoms with Gasteiger partial charge >= 0.3 is 0 Å². The average Bonchev–Trinajstić information content (AvgIpc) is 2.28. The van der Waals surface area contributed by atoms with E-state index >= 15 is 0 Å². The first kappa shape index (κ1) is 13.7. The normalized spacial score (nSPS) is 14.8. The molecule has 0 aromatic carbocycles. The molecule has 7 heteroatoms. The van der Waals surface area contributed by atoms with Crippen LogP contribution in [-0.4, -0.2) is 39.1 Å². The second-order valence-electron chi connectivity index (χ2n) is 3.19. The number of nitrogens with two attached hydrogens (primary N) is 1. The number of aliphatic hydroxyl groups is 2. The number of thioether (sulfide) groups is 1. The van der Waals surface area contributed by atoms with Crippen molar-refractivity contribution in [1.82, 2.24) is 9.97 Å². The third-order valence-corrected chi connectivity index (χ3v) is 2.94. The van der Waals surface area contributed by atoms with E-state index in [1.54, 1.807) is 0 Å². The van der Waals surface area contributed by atoms with Gasteiger partial charge in [-0.1, -0.05) is 23.4 Å². The van der Waals surface area contributed by atoms with Gasteiger partial charge in [0.1, 0.15) is 11.3 Å². The molecule has 5 nitrogen and oxygen atoms in total. The van der Waals surface area contributed by atoms with E-state index in [2.05, 4.69) is 9.97 Å². The van der Waals surface area contributed by atoms with E-state index in [0.29, 0.717) is 23.7 Å². The Morgan fingerprint density at radius 1 is 1.56 bits per heavy atom. The first-order valence-corrected chi connectivity index (χ1v) is 6.33. The first-order chi connectivity index (χ1) is 7.60. The van der Waals surface area contributed by atoms with E-state index in [9.17, 15) is 10.2 Å². The SMILES string of the molecule is CSc1ncc(C(O)C(O)CCN)c(Cl)n1.